The lowest BCUT2D eigenvalue weighted by Gasteiger charge is -2.07. The highest BCUT2D eigenvalue weighted by molar-refractivity contribution is 5.82. The minimum Gasteiger partial charge on any atom is -0.469 e. The van der Waals surface area contributed by atoms with Crippen LogP contribution < -0.4 is 0 Å². The van der Waals surface area contributed by atoms with E-state index in [-0.39, 0.29) is 17.8 Å². The first-order chi connectivity index (χ1) is 7.27. The van der Waals surface area contributed by atoms with Gasteiger partial charge in [-0.15, -0.1) is 0 Å². The summed E-state index contributed by atoms with van der Waals surface area (Å²) in [7, 11) is 1.37. The molecule has 2 unspecified atom stereocenters. The third-order valence-electron chi connectivity index (χ3n) is 2.91. The quantitative estimate of drug-likeness (QED) is 0.543. The van der Waals surface area contributed by atoms with Gasteiger partial charge in [-0.1, -0.05) is 24.3 Å². The average molecular weight is 204 g/mol. The smallest absolute Gasteiger partial charge is 0.313 e. The minimum atomic E-state index is -0.276. The fraction of sp³-hybridized carbons (Fsp3) is 0.333. The van der Waals surface area contributed by atoms with Crippen molar-refractivity contribution in [2.24, 2.45) is 0 Å². The van der Waals surface area contributed by atoms with Crippen molar-refractivity contribution in [2.45, 2.75) is 18.3 Å². The standard InChI is InChI=1S/C12H12O3/c1-15-12(14)11-6-8(7-13)9-4-2-3-5-10(9)11/h2-5,7-8,11H,6H2,1H3. The van der Waals surface area contributed by atoms with E-state index in [9.17, 15) is 9.59 Å². The maximum atomic E-state index is 11.5. The van der Waals surface area contributed by atoms with Crippen LogP contribution >= 0.6 is 0 Å². The Bertz CT molecular complexity index is 398. The van der Waals surface area contributed by atoms with Gasteiger partial charge in [-0.25, -0.2) is 0 Å². The fourth-order valence-corrected chi connectivity index (χ4v) is 2.17. The summed E-state index contributed by atoms with van der Waals surface area (Å²) in [5.74, 6) is -0.696. The summed E-state index contributed by atoms with van der Waals surface area (Å²) < 4.78 is 4.73. The number of ether oxygens (including phenoxy) is 1. The predicted octanol–water partition coefficient (Wildman–Crippen LogP) is 1.63. The number of fused-ring (bicyclic) bond motifs is 1. The van der Waals surface area contributed by atoms with E-state index in [1.807, 2.05) is 24.3 Å². The van der Waals surface area contributed by atoms with E-state index in [4.69, 9.17) is 4.74 Å². The van der Waals surface area contributed by atoms with Crippen molar-refractivity contribution in [1.29, 1.82) is 0 Å². The number of esters is 1. The van der Waals surface area contributed by atoms with Crippen LogP contribution in [0.4, 0.5) is 0 Å². The van der Waals surface area contributed by atoms with Crippen LogP contribution in [0.25, 0.3) is 0 Å². The lowest BCUT2D eigenvalue weighted by molar-refractivity contribution is -0.142. The molecule has 2 rings (SSSR count). The van der Waals surface area contributed by atoms with Crippen LogP contribution in [0.15, 0.2) is 24.3 Å². The Morgan fingerprint density at radius 2 is 2.07 bits per heavy atom. The van der Waals surface area contributed by atoms with E-state index < -0.39 is 0 Å². The zero-order valence-corrected chi connectivity index (χ0v) is 8.47. The molecule has 3 nitrogen and oxygen atoms in total. The molecule has 1 aliphatic carbocycles. The van der Waals surface area contributed by atoms with E-state index in [1.165, 1.54) is 7.11 Å². The molecule has 0 amide bonds. The van der Waals surface area contributed by atoms with Crippen LogP contribution in [0, 0.1) is 0 Å². The molecule has 2 atom stereocenters. The Balaban J connectivity index is 2.41. The maximum absolute atomic E-state index is 11.5. The Kier molecular flexibility index (Phi) is 2.54. The number of benzene rings is 1. The van der Waals surface area contributed by atoms with Crippen LogP contribution in [0.5, 0.6) is 0 Å². The third-order valence-corrected chi connectivity index (χ3v) is 2.91. The molecule has 1 aromatic carbocycles. The number of carbonyl (C=O) groups is 2. The number of methoxy groups -OCH3 is 1. The van der Waals surface area contributed by atoms with Crippen molar-refractivity contribution in [3.63, 3.8) is 0 Å². The minimum absolute atomic E-state index is 0.162. The molecule has 0 heterocycles. The second-order valence-electron chi connectivity index (χ2n) is 3.68. The zero-order chi connectivity index (χ0) is 10.8. The van der Waals surface area contributed by atoms with Gasteiger partial charge in [-0.05, 0) is 17.5 Å². The Morgan fingerprint density at radius 1 is 1.40 bits per heavy atom. The molecule has 0 aliphatic heterocycles. The number of rotatable bonds is 2. The molecule has 0 N–H and O–H groups in total. The van der Waals surface area contributed by atoms with Crippen LogP contribution in [0.1, 0.15) is 29.4 Å². The van der Waals surface area contributed by atoms with Gasteiger partial charge in [0.15, 0.2) is 0 Å². The summed E-state index contributed by atoms with van der Waals surface area (Å²) in [6.07, 6.45) is 1.44. The first-order valence-corrected chi connectivity index (χ1v) is 4.90. The van der Waals surface area contributed by atoms with Gasteiger partial charge in [0, 0.05) is 5.92 Å². The van der Waals surface area contributed by atoms with Gasteiger partial charge in [0.1, 0.15) is 6.29 Å². The van der Waals surface area contributed by atoms with Gasteiger partial charge in [0.05, 0.1) is 13.0 Å². The van der Waals surface area contributed by atoms with Crippen LogP contribution in [-0.4, -0.2) is 19.4 Å². The monoisotopic (exact) mass is 204 g/mol. The molecule has 0 bridgehead atoms. The molecule has 0 radical (unpaired) electrons. The van der Waals surface area contributed by atoms with Gasteiger partial charge < -0.3 is 9.53 Å². The average Bonchev–Trinajstić information content (AvgIpc) is 2.67. The highest BCUT2D eigenvalue weighted by Gasteiger charge is 2.35. The van der Waals surface area contributed by atoms with Gasteiger partial charge in [0.25, 0.3) is 0 Å². The summed E-state index contributed by atoms with van der Waals surface area (Å²) in [5.41, 5.74) is 1.89. The molecule has 78 valence electrons. The maximum Gasteiger partial charge on any atom is 0.313 e. The van der Waals surface area contributed by atoms with Gasteiger partial charge in [-0.3, -0.25) is 4.79 Å². The van der Waals surface area contributed by atoms with Gasteiger partial charge in [-0.2, -0.15) is 0 Å². The second-order valence-corrected chi connectivity index (χ2v) is 3.68. The van der Waals surface area contributed by atoms with E-state index >= 15 is 0 Å². The SMILES string of the molecule is COC(=O)C1CC(C=O)c2ccccc21. The van der Waals surface area contributed by atoms with Crippen LogP contribution in [0.3, 0.4) is 0 Å². The molecular formula is C12H12O3. The lowest BCUT2D eigenvalue weighted by Crippen LogP contribution is -2.11. The molecular weight excluding hydrogens is 192 g/mol. The van der Waals surface area contributed by atoms with E-state index in [1.54, 1.807) is 0 Å². The first kappa shape index (κ1) is 9.90. The summed E-state index contributed by atoms with van der Waals surface area (Å²) >= 11 is 0. The molecule has 0 saturated heterocycles. The van der Waals surface area contributed by atoms with Crippen LogP contribution in [-0.2, 0) is 14.3 Å². The second kappa shape index (κ2) is 3.85. The highest BCUT2D eigenvalue weighted by atomic mass is 16.5. The summed E-state index contributed by atoms with van der Waals surface area (Å²) in [5, 5.41) is 0. The van der Waals surface area contributed by atoms with Crippen molar-refractivity contribution in [3.05, 3.63) is 35.4 Å². The zero-order valence-electron chi connectivity index (χ0n) is 8.47. The van der Waals surface area contributed by atoms with Gasteiger partial charge in [0.2, 0.25) is 0 Å². The van der Waals surface area contributed by atoms with Crippen molar-refractivity contribution in [3.8, 4) is 0 Å². The summed E-state index contributed by atoms with van der Waals surface area (Å²) in [6.45, 7) is 0. The van der Waals surface area contributed by atoms with Crippen LogP contribution in [0.2, 0.25) is 0 Å². The number of hydrogen-bond donors (Lipinski definition) is 0. The predicted molar refractivity (Wildman–Crippen MR) is 54.6 cm³/mol. The third kappa shape index (κ3) is 1.54. The number of hydrogen-bond acceptors (Lipinski definition) is 3. The molecule has 15 heavy (non-hydrogen) atoms. The van der Waals surface area contributed by atoms with Gasteiger partial charge >= 0.3 is 5.97 Å². The lowest BCUT2D eigenvalue weighted by atomic mass is 10.0. The Morgan fingerprint density at radius 3 is 2.67 bits per heavy atom. The van der Waals surface area contributed by atoms with E-state index in [0.29, 0.717) is 6.42 Å². The molecule has 0 aromatic heterocycles. The molecule has 0 saturated carbocycles. The van der Waals surface area contributed by atoms with Crippen molar-refractivity contribution < 1.29 is 14.3 Å². The van der Waals surface area contributed by atoms with Crippen molar-refractivity contribution in [1.82, 2.24) is 0 Å². The summed E-state index contributed by atoms with van der Waals surface area (Å²) in [4.78, 5) is 22.4. The Hall–Kier alpha value is -1.64. The largest absolute Gasteiger partial charge is 0.469 e. The highest BCUT2D eigenvalue weighted by Crippen LogP contribution is 2.40. The molecule has 0 spiro atoms. The summed E-state index contributed by atoms with van der Waals surface area (Å²) in [6, 6.07) is 7.55. The van der Waals surface area contributed by atoms with Crippen molar-refractivity contribution in [2.75, 3.05) is 7.11 Å². The first-order valence-electron chi connectivity index (χ1n) is 4.90. The number of aldehydes is 1. The Labute approximate surface area is 88.1 Å². The fourth-order valence-electron chi connectivity index (χ4n) is 2.17. The molecule has 1 aromatic rings. The van der Waals surface area contributed by atoms with E-state index in [0.717, 1.165) is 17.4 Å². The molecule has 1 aliphatic rings. The molecule has 0 fully saturated rings. The van der Waals surface area contributed by atoms with Crippen molar-refractivity contribution >= 4 is 12.3 Å². The van der Waals surface area contributed by atoms with E-state index in [2.05, 4.69) is 0 Å². The molecule has 3 heteroatoms. The normalized spacial score (nSPS) is 23.3. The topological polar surface area (TPSA) is 43.4 Å². The number of carbonyl (C=O) groups excluding carboxylic acids is 2.